The number of ether oxygens (including phenoxy) is 1. The predicted molar refractivity (Wildman–Crippen MR) is 59.7 cm³/mol. The molecule has 0 N–H and O–H groups in total. The molecule has 17 heavy (non-hydrogen) atoms. The molecule has 1 amide bonds. The zero-order valence-corrected chi connectivity index (χ0v) is 9.24. The molecule has 0 bridgehead atoms. The lowest BCUT2D eigenvalue weighted by molar-refractivity contribution is 0.0304. The van der Waals surface area contributed by atoms with E-state index < -0.39 is 0 Å². The molecule has 3 heterocycles. The minimum atomic E-state index is -0.00343. The first-order valence-electron chi connectivity index (χ1n) is 5.52. The fourth-order valence-corrected chi connectivity index (χ4v) is 1.93. The average Bonchev–Trinajstić information content (AvgIpc) is 2.83. The highest BCUT2D eigenvalue weighted by Crippen LogP contribution is 2.12. The number of hydrogen-bond donors (Lipinski definition) is 0. The van der Waals surface area contributed by atoms with Crippen LogP contribution in [-0.4, -0.2) is 51.9 Å². The van der Waals surface area contributed by atoms with Gasteiger partial charge in [-0.2, -0.15) is 14.8 Å². The Bertz CT molecular complexity index is 545. The Morgan fingerprint density at radius 3 is 2.94 bits per heavy atom. The van der Waals surface area contributed by atoms with Crippen LogP contribution >= 0.6 is 0 Å². The summed E-state index contributed by atoms with van der Waals surface area (Å²) in [6.45, 7) is 2.47. The fraction of sp³-hybridized carbons (Fsp3) is 0.364. The molecule has 1 aliphatic heterocycles. The van der Waals surface area contributed by atoms with Gasteiger partial charge < -0.3 is 9.64 Å². The Hall–Kier alpha value is -1.95. The van der Waals surface area contributed by atoms with Crippen LogP contribution in [0.25, 0.3) is 5.52 Å². The van der Waals surface area contributed by atoms with Gasteiger partial charge in [0.05, 0.1) is 25.0 Å². The average molecular weight is 232 g/mol. The largest absolute Gasteiger partial charge is 0.378 e. The number of amides is 1. The first-order valence-corrected chi connectivity index (χ1v) is 5.52. The summed E-state index contributed by atoms with van der Waals surface area (Å²) in [6, 6.07) is 3.64. The van der Waals surface area contributed by atoms with Gasteiger partial charge in [0.2, 0.25) is 0 Å². The summed E-state index contributed by atoms with van der Waals surface area (Å²) in [5.41, 5.74) is 1.34. The second kappa shape index (κ2) is 4.14. The van der Waals surface area contributed by atoms with E-state index in [0.29, 0.717) is 31.9 Å². The van der Waals surface area contributed by atoms with Crippen LogP contribution in [0.15, 0.2) is 24.5 Å². The third kappa shape index (κ3) is 1.76. The number of morpholine rings is 1. The van der Waals surface area contributed by atoms with Crippen LogP contribution in [0.2, 0.25) is 0 Å². The predicted octanol–water partition coefficient (Wildman–Crippen LogP) is 0.202. The van der Waals surface area contributed by atoms with Gasteiger partial charge in [0.1, 0.15) is 5.52 Å². The molecule has 2 aromatic heterocycles. The van der Waals surface area contributed by atoms with E-state index in [-0.39, 0.29) is 5.91 Å². The summed E-state index contributed by atoms with van der Waals surface area (Å²) in [5.74, 6) is -0.00343. The van der Waals surface area contributed by atoms with Crippen molar-refractivity contribution in [2.75, 3.05) is 26.3 Å². The lowest BCUT2D eigenvalue weighted by atomic mass is 10.2. The number of carbonyl (C=O) groups excluding carboxylic acids is 1. The molecule has 2 aromatic rings. The van der Waals surface area contributed by atoms with Gasteiger partial charge in [-0.15, -0.1) is 0 Å². The van der Waals surface area contributed by atoms with Crippen molar-refractivity contribution in [2.24, 2.45) is 0 Å². The van der Waals surface area contributed by atoms with Gasteiger partial charge in [-0.05, 0) is 12.1 Å². The minimum Gasteiger partial charge on any atom is -0.378 e. The van der Waals surface area contributed by atoms with Crippen LogP contribution in [0.4, 0.5) is 0 Å². The molecule has 0 atom stereocenters. The van der Waals surface area contributed by atoms with Crippen LogP contribution in [0.5, 0.6) is 0 Å². The summed E-state index contributed by atoms with van der Waals surface area (Å²) in [6.07, 6.45) is 3.21. The van der Waals surface area contributed by atoms with E-state index in [2.05, 4.69) is 10.2 Å². The van der Waals surface area contributed by atoms with Gasteiger partial charge in [-0.25, -0.2) is 0 Å². The Morgan fingerprint density at radius 1 is 1.29 bits per heavy atom. The maximum atomic E-state index is 12.3. The molecule has 88 valence electrons. The first kappa shape index (κ1) is 10.2. The zero-order chi connectivity index (χ0) is 11.7. The van der Waals surface area contributed by atoms with Crippen molar-refractivity contribution in [3.8, 4) is 0 Å². The summed E-state index contributed by atoms with van der Waals surface area (Å²) < 4.78 is 6.69. The van der Waals surface area contributed by atoms with E-state index in [1.54, 1.807) is 23.4 Å². The van der Waals surface area contributed by atoms with Crippen molar-refractivity contribution in [2.45, 2.75) is 0 Å². The number of fused-ring (bicyclic) bond motifs is 1. The zero-order valence-electron chi connectivity index (χ0n) is 9.24. The van der Waals surface area contributed by atoms with E-state index in [4.69, 9.17) is 4.74 Å². The Labute approximate surface area is 97.8 Å². The van der Waals surface area contributed by atoms with E-state index in [1.165, 1.54) is 4.63 Å². The SMILES string of the molecule is O=C(c1cnn2ncccc12)N1CCOCC1. The van der Waals surface area contributed by atoms with Crippen LogP contribution < -0.4 is 0 Å². The van der Waals surface area contributed by atoms with E-state index in [0.717, 1.165) is 5.52 Å². The quantitative estimate of drug-likeness (QED) is 0.704. The minimum absolute atomic E-state index is 0.00343. The van der Waals surface area contributed by atoms with Gasteiger partial charge in [-0.1, -0.05) is 0 Å². The molecule has 6 heteroatoms. The van der Waals surface area contributed by atoms with Crippen molar-refractivity contribution < 1.29 is 9.53 Å². The summed E-state index contributed by atoms with van der Waals surface area (Å²) >= 11 is 0. The van der Waals surface area contributed by atoms with Crippen LogP contribution in [-0.2, 0) is 4.74 Å². The molecular formula is C11H12N4O2. The summed E-state index contributed by atoms with van der Waals surface area (Å²) in [4.78, 5) is 14.0. The number of aromatic nitrogens is 3. The number of nitrogens with zero attached hydrogens (tertiary/aromatic N) is 4. The molecule has 3 rings (SSSR count). The van der Waals surface area contributed by atoms with Crippen LogP contribution in [0.3, 0.4) is 0 Å². The molecule has 6 nitrogen and oxygen atoms in total. The smallest absolute Gasteiger partial charge is 0.257 e. The van der Waals surface area contributed by atoms with Crippen LogP contribution in [0.1, 0.15) is 10.4 Å². The summed E-state index contributed by atoms with van der Waals surface area (Å²) in [5, 5.41) is 8.10. The molecule has 0 saturated carbocycles. The van der Waals surface area contributed by atoms with Gasteiger partial charge >= 0.3 is 0 Å². The van der Waals surface area contributed by atoms with Crippen molar-refractivity contribution >= 4 is 11.4 Å². The topological polar surface area (TPSA) is 59.7 Å². The second-order valence-electron chi connectivity index (χ2n) is 3.86. The molecule has 0 spiro atoms. The third-order valence-corrected chi connectivity index (χ3v) is 2.83. The fourth-order valence-electron chi connectivity index (χ4n) is 1.93. The maximum Gasteiger partial charge on any atom is 0.257 e. The molecule has 1 fully saturated rings. The summed E-state index contributed by atoms with van der Waals surface area (Å²) in [7, 11) is 0. The third-order valence-electron chi connectivity index (χ3n) is 2.83. The highest BCUT2D eigenvalue weighted by molar-refractivity contribution is 6.00. The van der Waals surface area contributed by atoms with E-state index in [1.807, 2.05) is 6.07 Å². The number of rotatable bonds is 1. The Kier molecular flexibility index (Phi) is 2.49. The van der Waals surface area contributed by atoms with E-state index in [9.17, 15) is 4.79 Å². The van der Waals surface area contributed by atoms with Gasteiger partial charge in [-0.3, -0.25) is 4.79 Å². The molecule has 0 radical (unpaired) electrons. The molecule has 0 unspecified atom stereocenters. The first-order chi connectivity index (χ1) is 8.36. The highest BCUT2D eigenvalue weighted by Gasteiger charge is 2.21. The number of hydrogen-bond acceptors (Lipinski definition) is 4. The van der Waals surface area contributed by atoms with Gasteiger partial charge in [0, 0.05) is 19.3 Å². The Balaban J connectivity index is 1.95. The second-order valence-corrected chi connectivity index (χ2v) is 3.86. The molecule has 0 aromatic carbocycles. The molecule has 1 aliphatic rings. The monoisotopic (exact) mass is 232 g/mol. The highest BCUT2D eigenvalue weighted by atomic mass is 16.5. The lowest BCUT2D eigenvalue weighted by Crippen LogP contribution is -2.40. The maximum absolute atomic E-state index is 12.3. The molecular weight excluding hydrogens is 220 g/mol. The normalized spacial score (nSPS) is 16.4. The standard InChI is InChI=1S/C11H12N4O2/c16-11(14-4-6-17-7-5-14)9-8-13-15-10(9)2-1-3-12-15/h1-3,8H,4-7H2. The number of carbonyl (C=O) groups is 1. The van der Waals surface area contributed by atoms with Crippen molar-refractivity contribution in [3.05, 3.63) is 30.1 Å². The molecule has 0 aliphatic carbocycles. The van der Waals surface area contributed by atoms with Crippen molar-refractivity contribution in [1.82, 2.24) is 19.7 Å². The van der Waals surface area contributed by atoms with Crippen molar-refractivity contribution in [3.63, 3.8) is 0 Å². The lowest BCUT2D eigenvalue weighted by Gasteiger charge is -2.26. The molecule has 1 saturated heterocycles. The van der Waals surface area contributed by atoms with Gasteiger partial charge in [0.25, 0.3) is 5.91 Å². The van der Waals surface area contributed by atoms with Crippen LogP contribution in [0, 0.1) is 0 Å². The Morgan fingerprint density at radius 2 is 2.12 bits per heavy atom. The van der Waals surface area contributed by atoms with Gasteiger partial charge in [0.15, 0.2) is 0 Å². The van der Waals surface area contributed by atoms with E-state index >= 15 is 0 Å². The van der Waals surface area contributed by atoms with Crippen molar-refractivity contribution in [1.29, 1.82) is 0 Å².